The molecule has 0 unspecified atom stereocenters. The summed E-state index contributed by atoms with van der Waals surface area (Å²) in [6.45, 7) is 2.85. The molecular weight excluding hydrogens is 593 g/mol. The molecule has 4 rings (SSSR count). The summed E-state index contributed by atoms with van der Waals surface area (Å²) in [5.41, 5.74) is 2.00. The Morgan fingerprint density at radius 3 is 1.60 bits per heavy atom. The van der Waals surface area contributed by atoms with E-state index in [0.29, 0.717) is 0 Å². The number of ketones is 1. The first-order chi connectivity index (χ1) is 14.1. The minimum atomic E-state index is -0.125. The van der Waals surface area contributed by atoms with Gasteiger partial charge < -0.3 is 15.1 Å². The second kappa shape index (κ2) is 14.5. The van der Waals surface area contributed by atoms with Crippen LogP contribution >= 0.6 is 22.7 Å². The van der Waals surface area contributed by atoms with Crippen molar-refractivity contribution in [1.29, 1.82) is 0 Å². The predicted octanol–water partition coefficient (Wildman–Crippen LogP) is 6.26. The normalized spacial score (nSPS) is 9.87. The fourth-order valence-electron chi connectivity index (χ4n) is 2.05. The third kappa shape index (κ3) is 9.85. The quantitative estimate of drug-likeness (QED) is 0.169. The Balaban J connectivity index is 0.000000229. The Morgan fingerprint density at radius 1 is 0.900 bits per heavy atom. The van der Waals surface area contributed by atoms with Crippen molar-refractivity contribution >= 4 is 28.5 Å². The van der Waals surface area contributed by atoms with E-state index in [0.717, 1.165) is 21.1 Å². The smallest absolute Gasteiger partial charge is 0.155 e. The third-order valence-corrected chi connectivity index (χ3v) is 4.81. The van der Waals surface area contributed by atoms with E-state index in [1.165, 1.54) is 19.9 Å². The SMILES string of the molecule is CC(=O)/C=C(/C)O.[Ir].[c-]1ccsc1-c1ccccn1.[c-]1ccsc1-c1ccccn1. The molecule has 157 valence electrons. The Labute approximate surface area is 198 Å². The molecule has 0 atom stereocenters. The number of carbonyl (C=O) groups excluding carboxylic acids is 1. The number of nitrogens with zero attached hydrogens (tertiary/aromatic N) is 2. The Hall–Kier alpha value is -2.44. The van der Waals surface area contributed by atoms with Gasteiger partial charge in [-0.05, 0) is 37.4 Å². The summed E-state index contributed by atoms with van der Waals surface area (Å²) in [6, 6.07) is 21.8. The van der Waals surface area contributed by atoms with Gasteiger partial charge in [0.15, 0.2) is 5.78 Å². The van der Waals surface area contributed by atoms with Crippen molar-refractivity contribution < 1.29 is 30.0 Å². The molecule has 0 aliphatic rings. The van der Waals surface area contributed by atoms with Crippen molar-refractivity contribution in [3.8, 4) is 21.1 Å². The summed E-state index contributed by atoms with van der Waals surface area (Å²) in [4.78, 5) is 20.6. The second-order valence-electron chi connectivity index (χ2n) is 5.61. The molecule has 0 fully saturated rings. The van der Waals surface area contributed by atoms with Crippen LogP contribution in [-0.2, 0) is 24.9 Å². The van der Waals surface area contributed by atoms with Crippen molar-refractivity contribution in [2.24, 2.45) is 0 Å². The first-order valence-corrected chi connectivity index (χ1v) is 10.4. The van der Waals surface area contributed by atoms with Gasteiger partial charge in [0.25, 0.3) is 0 Å². The number of rotatable bonds is 3. The summed E-state index contributed by atoms with van der Waals surface area (Å²) in [7, 11) is 0. The maximum absolute atomic E-state index is 10.0. The van der Waals surface area contributed by atoms with E-state index in [1.54, 1.807) is 35.1 Å². The van der Waals surface area contributed by atoms with Gasteiger partial charge in [-0.2, -0.15) is 24.3 Å². The molecule has 0 saturated carbocycles. The molecule has 0 aromatic carbocycles. The Morgan fingerprint density at radius 2 is 1.37 bits per heavy atom. The molecule has 0 bridgehead atoms. The maximum Gasteiger partial charge on any atom is 0.155 e. The molecule has 0 saturated heterocycles. The second-order valence-corrected chi connectivity index (χ2v) is 7.45. The molecule has 1 radical (unpaired) electrons. The van der Waals surface area contributed by atoms with Gasteiger partial charge in [-0.15, -0.1) is 10.8 Å². The van der Waals surface area contributed by atoms with Crippen molar-refractivity contribution in [2.45, 2.75) is 13.8 Å². The first kappa shape index (κ1) is 25.6. The van der Waals surface area contributed by atoms with Crippen LogP contribution in [0.5, 0.6) is 0 Å². The number of aliphatic hydroxyl groups is 1. The van der Waals surface area contributed by atoms with E-state index in [2.05, 4.69) is 22.1 Å². The van der Waals surface area contributed by atoms with Crippen LogP contribution in [0.25, 0.3) is 21.1 Å². The first-order valence-electron chi connectivity index (χ1n) is 8.67. The molecule has 4 aromatic heterocycles. The zero-order valence-electron chi connectivity index (χ0n) is 16.4. The minimum Gasteiger partial charge on any atom is -0.512 e. The van der Waals surface area contributed by atoms with Crippen LogP contribution in [0, 0.1) is 12.1 Å². The van der Waals surface area contributed by atoms with E-state index >= 15 is 0 Å². The van der Waals surface area contributed by atoms with Gasteiger partial charge >= 0.3 is 0 Å². The number of carbonyl (C=O) groups is 1. The summed E-state index contributed by atoms with van der Waals surface area (Å²) in [5, 5.41) is 12.4. The summed E-state index contributed by atoms with van der Waals surface area (Å²) in [6.07, 6.45) is 4.76. The summed E-state index contributed by atoms with van der Waals surface area (Å²) < 4.78 is 0. The van der Waals surface area contributed by atoms with E-state index in [4.69, 9.17) is 5.11 Å². The van der Waals surface area contributed by atoms with Gasteiger partial charge in [0.1, 0.15) is 0 Å². The molecular formula is C23H20IrN2O2S2-2. The van der Waals surface area contributed by atoms with Crippen molar-refractivity contribution in [1.82, 2.24) is 9.97 Å². The molecule has 0 amide bonds. The third-order valence-electron chi connectivity index (χ3n) is 3.14. The maximum atomic E-state index is 10.0. The van der Waals surface area contributed by atoms with E-state index in [9.17, 15) is 4.79 Å². The Kier molecular flexibility index (Phi) is 12.4. The Bertz CT molecular complexity index is 915. The van der Waals surface area contributed by atoms with Gasteiger partial charge in [0.05, 0.1) is 5.76 Å². The summed E-state index contributed by atoms with van der Waals surface area (Å²) in [5.74, 6) is -0.0625. The van der Waals surface area contributed by atoms with Crippen LogP contribution in [0.3, 0.4) is 0 Å². The van der Waals surface area contributed by atoms with Gasteiger partial charge in [-0.3, -0.25) is 4.79 Å². The van der Waals surface area contributed by atoms with Gasteiger partial charge in [-0.25, -0.2) is 22.7 Å². The molecule has 0 aliphatic heterocycles. The molecule has 30 heavy (non-hydrogen) atoms. The molecule has 0 spiro atoms. The van der Waals surface area contributed by atoms with Crippen molar-refractivity contribution in [2.75, 3.05) is 0 Å². The van der Waals surface area contributed by atoms with Gasteiger partial charge in [0, 0.05) is 38.6 Å². The average molecular weight is 613 g/mol. The molecule has 4 heterocycles. The van der Waals surface area contributed by atoms with Crippen LogP contribution in [0.2, 0.25) is 0 Å². The predicted molar refractivity (Wildman–Crippen MR) is 120 cm³/mol. The van der Waals surface area contributed by atoms with Crippen LogP contribution in [-0.4, -0.2) is 20.9 Å². The van der Waals surface area contributed by atoms with Gasteiger partial charge in [-0.1, -0.05) is 34.0 Å². The van der Waals surface area contributed by atoms with E-state index in [1.807, 2.05) is 59.3 Å². The zero-order valence-corrected chi connectivity index (χ0v) is 20.4. The van der Waals surface area contributed by atoms with E-state index < -0.39 is 0 Å². The number of aromatic nitrogens is 2. The molecule has 4 aromatic rings. The largest absolute Gasteiger partial charge is 0.512 e. The summed E-state index contributed by atoms with van der Waals surface area (Å²) >= 11 is 3.32. The monoisotopic (exact) mass is 613 g/mol. The fraction of sp³-hybridized carbons (Fsp3) is 0.0870. The molecule has 7 heteroatoms. The number of thiophene rings is 2. The van der Waals surface area contributed by atoms with Crippen LogP contribution in [0.15, 0.2) is 83.5 Å². The van der Waals surface area contributed by atoms with Crippen LogP contribution in [0.1, 0.15) is 13.8 Å². The zero-order chi connectivity index (χ0) is 20.9. The fourth-order valence-corrected chi connectivity index (χ4v) is 3.35. The van der Waals surface area contributed by atoms with Gasteiger partial charge in [0.2, 0.25) is 0 Å². The van der Waals surface area contributed by atoms with Crippen molar-refractivity contribution in [3.63, 3.8) is 0 Å². The average Bonchev–Trinajstić information content (AvgIpc) is 3.44. The number of aliphatic hydroxyl groups excluding tert-OH is 1. The van der Waals surface area contributed by atoms with E-state index in [-0.39, 0.29) is 31.6 Å². The molecule has 0 aliphatic carbocycles. The molecule has 1 N–H and O–H groups in total. The molecule has 4 nitrogen and oxygen atoms in total. The minimum absolute atomic E-state index is 0. The number of allylic oxidation sites excluding steroid dienone is 2. The topological polar surface area (TPSA) is 63.1 Å². The number of pyridine rings is 2. The number of hydrogen-bond donors (Lipinski definition) is 1. The van der Waals surface area contributed by atoms with Crippen LogP contribution < -0.4 is 0 Å². The van der Waals surface area contributed by atoms with Crippen LogP contribution in [0.4, 0.5) is 0 Å². The van der Waals surface area contributed by atoms with Crippen molar-refractivity contribution in [3.05, 3.63) is 95.7 Å². The number of hydrogen-bond acceptors (Lipinski definition) is 6. The standard InChI is InChI=1S/2C9H6NS.C5H8O2.Ir/c2*1-2-6-10-8(4-1)9-5-3-7-11-9;1-4(6)3-5(2)7;/h2*1-4,6-7H;3,6H,1-2H3;/q2*-1;;/b;;4-3-;.